The van der Waals surface area contributed by atoms with E-state index in [9.17, 15) is 0 Å². The third-order valence-corrected chi connectivity index (χ3v) is 3.64. The van der Waals surface area contributed by atoms with Crippen LogP contribution in [-0.2, 0) is 11.8 Å². The Hall–Kier alpha value is -2.01. The van der Waals surface area contributed by atoms with Gasteiger partial charge in [0.2, 0.25) is 0 Å². The van der Waals surface area contributed by atoms with Crippen LogP contribution < -0.4 is 10.5 Å². The molecule has 1 aromatic heterocycles. The summed E-state index contributed by atoms with van der Waals surface area (Å²) in [6, 6.07) is 7.93. The Balaban J connectivity index is 1.69. The van der Waals surface area contributed by atoms with Crippen LogP contribution in [-0.4, -0.2) is 29.6 Å². The molecule has 2 heterocycles. The molecule has 5 heteroatoms. The second kappa shape index (κ2) is 4.83. The Morgan fingerprint density at radius 3 is 2.55 bits per heavy atom. The van der Waals surface area contributed by atoms with Crippen molar-refractivity contribution in [2.24, 2.45) is 12.5 Å². The molecule has 1 aliphatic rings. The second-order valence-corrected chi connectivity index (χ2v) is 5.68. The maximum absolute atomic E-state index is 5.97. The molecule has 0 radical (unpaired) electrons. The fraction of sp³-hybridized carbons (Fsp3) is 0.400. The van der Waals surface area contributed by atoms with Crippen LogP contribution >= 0.6 is 0 Å². The molecule has 2 N–H and O–H groups in total. The fourth-order valence-electron chi connectivity index (χ4n) is 2.19. The number of nitrogens with two attached hydrogens (primary N) is 1. The van der Waals surface area contributed by atoms with Crippen molar-refractivity contribution < 1.29 is 9.47 Å². The Kier molecular flexibility index (Phi) is 3.14. The molecule has 0 unspecified atom stereocenters. The van der Waals surface area contributed by atoms with Crippen LogP contribution in [0.5, 0.6) is 5.75 Å². The summed E-state index contributed by atoms with van der Waals surface area (Å²) in [5.41, 5.74) is 8.11. The molecule has 106 valence electrons. The van der Waals surface area contributed by atoms with Crippen molar-refractivity contribution in [1.82, 2.24) is 9.78 Å². The minimum absolute atomic E-state index is 0.159. The summed E-state index contributed by atoms with van der Waals surface area (Å²) in [6.07, 6.45) is 1.78. The van der Waals surface area contributed by atoms with Gasteiger partial charge in [-0.3, -0.25) is 4.68 Å². The van der Waals surface area contributed by atoms with Gasteiger partial charge in [0.25, 0.3) is 0 Å². The van der Waals surface area contributed by atoms with Gasteiger partial charge in [-0.15, -0.1) is 0 Å². The van der Waals surface area contributed by atoms with Gasteiger partial charge in [-0.2, -0.15) is 5.10 Å². The van der Waals surface area contributed by atoms with E-state index in [-0.39, 0.29) is 5.41 Å². The largest absolute Gasteiger partial charge is 0.493 e. The maximum atomic E-state index is 5.97. The molecule has 0 aliphatic carbocycles. The average Bonchev–Trinajstić information content (AvgIpc) is 2.75. The number of hydrogen-bond donors (Lipinski definition) is 1. The molecular formula is C15H19N3O2. The van der Waals surface area contributed by atoms with Crippen molar-refractivity contribution >= 4 is 5.82 Å². The van der Waals surface area contributed by atoms with E-state index in [1.54, 1.807) is 10.9 Å². The molecule has 1 saturated heterocycles. The van der Waals surface area contributed by atoms with E-state index in [4.69, 9.17) is 15.2 Å². The summed E-state index contributed by atoms with van der Waals surface area (Å²) in [6.45, 7) is 4.40. The SMILES string of the molecule is Cn1ncc(-c2ccc(OCC3(C)COC3)cc2)c1N. The molecule has 0 atom stereocenters. The number of benzene rings is 1. The summed E-state index contributed by atoms with van der Waals surface area (Å²) in [5.74, 6) is 1.53. The predicted molar refractivity (Wildman–Crippen MR) is 77.5 cm³/mol. The van der Waals surface area contributed by atoms with Gasteiger partial charge in [0.15, 0.2) is 0 Å². The molecule has 0 bridgehead atoms. The molecule has 5 nitrogen and oxygen atoms in total. The minimum Gasteiger partial charge on any atom is -0.493 e. The van der Waals surface area contributed by atoms with E-state index in [0.717, 1.165) is 30.1 Å². The Morgan fingerprint density at radius 2 is 2.05 bits per heavy atom. The smallest absolute Gasteiger partial charge is 0.129 e. The second-order valence-electron chi connectivity index (χ2n) is 5.68. The fourth-order valence-corrected chi connectivity index (χ4v) is 2.19. The average molecular weight is 273 g/mol. The number of aromatic nitrogens is 2. The number of rotatable bonds is 4. The summed E-state index contributed by atoms with van der Waals surface area (Å²) >= 11 is 0. The number of ether oxygens (including phenoxy) is 2. The lowest BCUT2D eigenvalue weighted by Crippen LogP contribution is -2.44. The minimum atomic E-state index is 0.159. The van der Waals surface area contributed by atoms with Crippen LogP contribution in [0.4, 0.5) is 5.82 Å². The topological polar surface area (TPSA) is 62.3 Å². The first-order chi connectivity index (χ1) is 9.57. The third-order valence-electron chi connectivity index (χ3n) is 3.64. The van der Waals surface area contributed by atoms with Crippen LogP contribution in [0.1, 0.15) is 6.92 Å². The van der Waals surface area contributed by atoms with Crippen molar-refractivity contribution in [1.29, 1.82) is 0 Å². The number of nitrogen functional groups attached to an aromatic ring is 1. The van der Waals surface area contributed by atoms with Gasteiger partial charge in [-0.05, 0) is 17.7 Å². The maximum Gasteiger partial charge on any atom is 0.129 e. The van der Waals surface area contributed by atoms with Crippen LogP contribution in [0.2, 0.25) is 0 Å². The molecule has 1 aromatic carbocycles. The molecular weight excluding hydrogens is 254 g/mol. The Bertz CT molecular complexity index is 600. The summed E-state index contributed by atoms with van der Waals surface area (Å²) in [5, 5.41) is 4.15. The van der Waals surface area contributed by atoms with Crippen LogP contribution in [0, 0.1) is 5.41 Å². The lowest BCUT2D eigenvalue weighted by Gasteiger charge is -2.37. The van der Waals surface area contributed by atoms with Gasteiger partial charge in [-0.1, -0.05) is 19.1 Å². The molecule has 3 rings (SSSR count). The number of nitrogens with zero attached hydrogens (tertiary/aromatic N) is 2. The first kappa shape index (κ1) is 13.0. The van der Waals surface area contributed by atoms with Gasteiger partial charge < -0.3 is 15.2 Å². The first-order valence-corrected chi connectivity index (χ1v) is 6.66. The van der Waals surface area contributed by atoms with Gasteiger partial charge in [0.05, 0.1) is 26.0 Å². The third kappa shape index (κ3) is 2.36. The van der Waals surface area contributed by atoms with E-state index in [2.05, 4.69) is 12.0 Å². The lowest BCUT2D eigenvalue weighted by molar-refractivity contribution is -0.120. The highest BCUT2D eigenvalue weighted by Crippen LogP contribution is 2.29. The molecule has 20 heavy (non-hydrogen) atoms. The molecule has 1 fully saturated rings. The van der Waals surface area contributed by atoms with Crippen molar-refractivity contribution in [2.75, 3.05) is 25.6 Å². The highest BCUT2D eigenvalue weighted by atomic mass is 16.5. The summed E-state index contributed by atoms with van der Waals surface area (Å²) in [7, 11) is 1.83. The zero-order valence-corrected chi connectivity index (χ0v) is 11.8. The van der Waals surface area contributed by atoms with E-state index >= 15 is 0 Å². The molecule has 0 amide bonds. The van der Waals surface area contributed by atoms with Crippen molar-refractivity contribution in [3.8, 4) is 16.9 Å². The predicted octanol–water partition coefficient (Wildman–Crippen LogP) is 2.08. The monoisotopic (exact) mass is 273 g/mol. The highest BCUT2D eigenvalue weighted by molar-refractivity contribution is 5.73. The van der Waals surface area contributed by atoms with Crippen LogP contribution in [0.15, 0.2) is 30.5 Å². The Morgan fingerprint density at radius 1 is 1.35 bits per heavy atom. The Labute approximate surface area is 118 Å². The van der Waals surface area contributed by atoms with Gasteiger partial charge in [0.1, 0.15) is 11.6 Å². The van der Waals surface area contributed by atoms with E-state index in [0.29, 0.717) is 12.4 Å². The summed E-state index contributed by atoms with van der Waals surface area (Å²) < 4.78 is 12.7. The first-order valence-electron chi connectivity index (χ1n) is 6.66. The van der Waals surface area contributed by atoms with Crippen molar-refractivity contribution in [3.05, 3.63) is 30.5 Å². The van der Waals surface area contributed by atoms with Crippen LogP contribution in [0.25, 0.3) is 11.1 Å². The molecule has 0 spiro atoms. The van der Waals surface area contributed by atoms with Gasteiger partial charge >= 0.3 is 0 Å². The van der Waals surface area contributed by atoms with Gasteiger partial charge in [0, 0.05) is 18.0 Å². The standard InChI is InChI=1S/C15H19N3O2/c1-15(8-19-9-15)10-20-12-5-3-11(4-6-12)13-7-17-18(2)14(13)16/h3-7H,8-10,16H2,1-2H3. The van der Waals surface area contributed by atoms with Crippen molar-refractivity contribution in [3.63, 3.8) is 0 Å². The zero-order chi connectivity index (χ0) is 14.2. The lowest BCUT2D eigenvalue weighted by atomic mass is 9.90. The highest BCUT2D eigenvalue weighted by Gasteiger charge is 2.34. The van der Waals surface area contributed by atoms with Crippen LogP contribution in [0.3, 0.4) is 0 Å². The number of hydrogen-bond acceptors (Lipinski definition) is 4. The molecule has 2 aromatic rings. The van der Waals surface area contributed by atoms with E-state index in [1.165, 1.54) is 0 Å². The summed E-state index contributed by atoms with van der Waals surface area (Å²) in [4.78, 5) is 0. The van der Waals surface area contributed by atoms with E-state index < -0.39 is 0 Å². The molecule has 1 aliphatic heterocycles. The quantitative estimate of drug-likeness (QED) is 0.926. The zero-order valence-electron chi connectivity index (χ0n) is 11.8. The number of aryl methyl sites for hydroxylation is 1. The van der Waals surface area contributed by atoms with Gasteiger partial charge in [-0.25, -0.2) is 0 Å². The number of anilines is 1. The molecule has 0 saturated carbocycles. The normalized spacial score (nSPS) is 16.7. The van der Waals surface area contributed by atoms with E-state index in [1.807, 2.05) is 31.3 Å². The van der Waals surface area contributed by atoms with Crippen molar-refractivity contribution in [2.45, 2.75) is 6.92 Å².